The fraction of sp³-hybridized carbons (Fsp3) is 0.600. The molecular formula is C15H21BrN2. The number of nitrogens with zero attached hydrogens (tertiary/aromatic N) is 1. The van der Waals surface area contributed by atoms with Crippen LogP contribution >= 0.6 is 15.9 Å². The van der Waals surface area contributed by atoms with Gasteiger partial charge in [-0.2, -0.15) is 0 Å². The number of aryl methyl sites for hydroxylation is 1. The third-order valence-corrected chi connectivity index (χ3v) is 4.77. The summed E-state index contributed by atoms with van der Waals surface area (Å²) in [6.45, 7) is 6.79. The zero-order chi connectivity index (χ0) is 12.7. The molecule has 18 heavy (non-hydrogen) atoms. The van der Waals surface area contributed by atoms with Crippen molar-refractivity contribution in [1.82, 2.24) is 5.32 Å². The van der Waals surface area contributed by atoms with Crippen LogP contribution in [-0.2, 0) is 0 Å². The third-order valence-electron chi connectivity index (χ3n) is 4.27. The minimum absolute atomic E-state index is 0.577. The number of anilines is 1. The van der Waals surface area contributed by atoms with Gasteiger partial charge in [-0.25, -0.2) is 0 Å². The van der Waals surface area contributed by atoms with Gasteiger partial charge in [0.1, 0.15) is 0 Å². The molecule has 1 N–H and O–H groups in total. The molecular weight excluding hydrogens is 288 g/mol. The maximum absolute atomic E-state index is 3.71. The first kappa shape index (κ1) is 12.5. The van der Waals surface area contributed by atoms with Gasteiger partial charge in [0.2, 0.25) is 0 Å². The van der Waals surface area contributed by atoms with Crippen molar-refractivity contribution in [3.05, 3.63) is 28.2 Å². The topological polar surface area (TPSA) is 15.3 Å². The maximum Gasteiger partial charge on any atom is 0.0410 e. The van der Waals surface area contributed by atoms with E-state index in [0.717, 1.165) is 19.0 Å². The van der Waals surface area contributed by atoms with Crippen molar-refractivity contribution in [3.63, 3.8) is 0 Å². The normalized spacial score (nSPS) is 28.5. The number of hydrogen-bond acceptors (Lipinski definition) is 2. The van der Waals surface area contributed by atoms with Gasteiger partial charge in [-0.3, -0.25) is 0 Å². The third kappa shape index (κ3) is 2.43. The molecule has 1 heterocycles. The number of benzene rings is 1. The highest BCUT2D eigenvalue weighted by Crippen LogP contribution is 2.36. The molecule has 2 fully saturated rings. The van der Waals surface area contributed by atoms with Gasteiger partial charge in [-0.05, 0) is 50.3 Å². The predicted molar refractivity (Wildman–Crippen MR) is 80.2 cm³/mol. The van der Waals surface area contributed by atoms with Crippen molar-refractivity contribution < 1.29 is 0 Å². The van der Waals surface area contributed by atoms with E-state index in [1.54, 1.807) is 0 Å². The molecule has 98 valence electrons. The SMILES string of the molecule is Cc1ccc(Br)cc1N1CC(C2CC2)NCC1C. The Balaban J connectivity index is 1.85. The van der Waals surface area contributed by atoms with Crippen LogP contribution in [0.25, 0.3) is 0 Å². The van der Waals surface area contributed by atoms with Crippen LogP contribution in [0.1, 0.15) is 25.3 Å². The van der Waals surface area contributed by atoms with Gasteiger partial charge in [-0.1, -0.05) is 22.0 Å². The summed E-state index contributed by atoms with van der Waals surface area (Å²) < 4.78 is 1.18. The van der Waals surface area contributed by atoms with E-state index in [2.05, 4.69) is 58.2 Å². The molecule has 0 bridgehead atoms. The summed E-state index contributed by atoms with van der Waals surface area (Å²) >= 11 is 3.60. The Morgan fingerprint density at radius 1 is 1.33 bits per heavy atom. The molecule has 2 aliphatic rings. The Labute approximate surface area is 118 Å². The van der Waals surface area contributed by atoms with E-state index >= 15 is 0 Å². The molecule has 1 saturated carbocycles. The average Bonchev–Trinajstić information content (AvgIpc) is 3.17. The summed E-state index contributed by atoms with van der Waals surface area (Å²) in [6.07, 6.45) is 2.83. The summed E-state index contributed by atoms with van der Waals surface area (Å²) in [5.41, 5.74) is 2.77. The minimum atomic E-state index is 0.577. The maximum atomic E-state index is 3.71. The highest BCUT2D eigenvalue weighted by Gasteiger charge is 2.36. The van der Waals surface area contributed by atoms with Gasteiger partial charge in [0.15, 0.2) is 0 Å². The summed E-state index contributed by atoms with van der Waals surface area (Å²) in [5.74, 6) is 0.924. The Hall–Kier alpha value is -0.540. The van der Waals surface area contributed by atoms with E-state index < -0.39 is 0 Å². The smallest absolute Gasteiger partial charge is 0.0410 e. The van der Waals surface area contributed by atoms with Crippen molar-refractivity contribution >= 4 is 21.6 Å². The van der Waals surface area contributed by atoms with Crippen molar-refractivity contribution in [2.24, 2.45) is 5.92 Å². The lowest BCUT2D eigenvalue weighted by Gasteiger charge is -2.41. The van der Waals surface area contributed by atoms with Gasteiger partial charge >= 0.3 is 0 Å². The van der Waals surface area contributed by atoms with E-state index in [1.807, 2.05) is 0 Å². The molecule has 1 saturated heterocycles. The fourth-order valence-electron chi connectivity index (χ4n) is 2.93. The standard InChI is InChI=1S/C15H21BrN2/c1-10-3-6-13(16)7-15(10)18-9-14(12-4-5-12)17-8-11(18)2/h3,6-7,11-12,14,17H,4-5,8-9H2,1-2H3. The van der Waals surface area contributed by atoms with Crippen LogP contribution in [0, 0.1) is 12.8 Å². The van der Waals surface area contributed by atoms with Gasteiger partial charge in [-0.15, -0.1) is 0 Å². The molecule has 3 heteroatoms. The quantitative estimate of drug-likeness (QED) is 0.901. The molecule has 1 aliphatic heterocycles. The highest BCUT2D eigenvalue weighted by atomic mass is 79.9. The van der Waals surface area contributed by atoms with Crippen LogP contribution in [0.3, 0.4) is 0 Å². The van der Waals surface area contributed by atoms with Crippen molar-refractivity contribution in [2.45, 2.75) is 38.8 Å². The van der Waals surface area contributed by atoms with Crippen molar-refractivity contribution in [2.75, 3.05) is 18.0 Å². The zero-order valence-electron chi connectivity index (χ0n) is 11.1. The second kappa shape index (κ2) is 4.86. The number of halogens is 1. The first-order chi connectivity index (χ1) is 8.65. The summed E-state index contributed by atoms with van der Waals surface area (Å²) in [4.78, 5) is 2.58. The Kier molecular flexibility index (Phi) is 3.37. The van der Waals surface area contributed by atoms with E-state index in [1.165, 1.54) is 28.6 Å². The molecule has 0 aromatic heterocycles. The van der Waals surface area contributed by atoms with Crippen LogP contribution < -0.4 is 10.2 Å². The predicted octanol–water partition coefficient (Wildman–Crippen LogP) is 3.33. The summed E-state index contributed by atoms with van der Waals surface area (Å²) in [5, 5.41) is 3.71. The van der Waals surface area contributed by atoms with E-state index in [9.17, 15) is 0 Å². The molecule has 1 aromatic rings. The lowest BCUT2D eigenvalue weighted by atomic mass is 10.0. The largest absolute Gasteiger partial charge is 0.366 e. The highest BCUT2D eigenvalue weighted by molar-refractivity contribution is 9.10. The zero-order valence-corrected chi connectivity index (χ0v) is 12.7. The molecule has 2 atom stereocenters. The van der Waals surface area contributed by atoms with Crippen LogP contribution in [-0.4, -0.2) is 25.2 Å². The van der Waals surface area contributed by atoms with Gasteiger partial charge in [0.25, 0.3) is 0 Å². The average molecular weight is 309 g/mol. The van der Waals surface area contributed by atoms with Crippen molar-refractivity contribution in [3.8, 4) is 0 Å². The van der Waals surface area contributed by atoms with Gasteiger partial charge in [0.05, 0.1) is 0 Å². The second-order valence-corrected chi connectivity index (χ2v) is 6.70. The van der Waals surface area contributed by atoms with Crippen LogP contribution in [0.5, 0.6) is 0 Å². The van der Waals surface area contributed by atoms with E-state index in [0.29, 0.717) is 12.1 Å². The molecule has 2 unspecified atom stereocenters. The molecule has 0 amide bonds. The molecule has 3 rings (SSSR count). The lowest BCUT2D eigenvalue weighted by Crippen LogP contribution is -2.56. The second-order valence-electron chi connectivity index (χ2n) is 5.78. The molecule has 1 aliphatic carbocycles. The van der Waals surface area contributed by atoms with Crippen molar-refractivity contribution in [1.29, 1.82) is 0 Å². The van der Waals surface area contributed by atoms with Gasteiger partial charge in [0, 0.05) is 35.3 Å². The van der Waals surface area contributed by atoms with Crippen LogP contribution in [0.4, 0.5) is 5.69 Å². The van der Waals surface area contributed by atoms with Gasteiger partial charge < -0.3 is 10.2 Å². The first-order valence-corrected chi connectivity index (χ1v) is 7.70. The molecule has 1 aromatic carbocycles. The number of hydrogen-bond donors (Lipinski definition) is 1. The molecule has 2 nitrogen and oxygen atoms in total. The lowest BCUT2D eigenvalue weighted by molar-refractivity contribution is 0.375. The summed E-state index contributed by atoms with van der Waals surface area (Å²) in [6, 6.07) is 7.87. The summed E-state index contributed by atoms with van der Waals surface area (Å²) in [7, 11) is 0. The number of nitrogens with one attached hydrogen (secondary N) is 1. The Bertz CT molecular complexity index is 442. The number of piperazine rings is 1. The van der Waals surface area contributed by atoms with Crippen LogP contribution in [0.15, 0.2) is 22.7 Å². The fourth-order valence-corrected chi connectivity index (χ4v) is 3.28. The van der Waals surface area contributed by atoms with E-state index in [-0.39, 0.29) is 0 Å². The molecule has 0 spiro atoms. The molecule has 0 radical (unpaired) electrons. The van der Waals surface area contributed by atoms with E-state index in [4.69, 9.17) is 0 Å². The number of rotatable bonds is 2. The minimum Gasteiger partial charge on any atom is -0.366 e. The monoisotopic (exact) mass is 308 g/mol. The Morgan fingerprint density at radius 3 is 2.83 bits per heavy atom. The van der Waals surface area contributed by atoms with Crippen LogP contribution in [0.2, 0.25) is 0 Å². The Morgan fingerprint density at radius 2 is 2.11 bits per heavy atom. The first-order valence-electron chi connectivity index (χ1n) is 6.91.